The van der Waals surface area contributed by atoms with E-state index in [4.69, 9.17) is 5.73 Å². The summed E-state index contributed by atoms with van der Waals surface area (Å²) in [6, 6.07) is 6.68. The van der Waals surface area contributed by atoms with Crippen LogP contribution in [-0.4, -0.2) is 0 Å². The summed E-state index contributed by atoms with van der Waals surface area (Å²) < 4.78 is 0. The zero-order valence-electron chi connectivity index (χ0n) is 9.34. The molecular formula is C13H21N. The van der Waals surface area contributed by atoms with Crippen molar-refractivity contribution in [2.24, 2.45) is 5.73 Å². The van der Waals surface area contributed by atoms with Crippen molar-refractivity contribution < 1.29 is 0 Å². The SMILES string of the molecule is CC.NCc1ccc2c(c1)CCCC2. The predicted molar refractivity (Wildman–Crippen MR) is 62.3 cm³/mol. The monoisotopic (exact) mass is 191 g/mol. The molecule has 0 bridgehead atoms. The predicted octanol–water partition coefficient (Wildman–Crippen LogP) is 3.05. The molecule has 0 spiro atoms. The van der Waals surface area contributed by atoms with Gasteiger partial charge >= 0.3 is 0 Å². The molecule has 0 aliphatic heterocycles. The summed E-state index contributed by atoms with van der Waals surface area (Å²) in [5.74, 6) is 0. The molecule has 0 saturated heterocycles. The third-order valence-corrected chi connectivity index (χ3v) is 2.65. The lowest BCUT2D eigenvalue weighted by Gasteiger charge is -2.15. The second-order valence-corrected chi connectivity index (χ2v) is 3.51. The Hall–Kier alpha value is -0.820. The highest BCUT2D eigenvalue weighted by Gasteiger charge is 2.08. The van der Waals surface area contributed by atoms with E-state index in [1.807, 2.05) is 13.8 Å². The molecule has 0 heterocycles. The van der Waals surface area contributed by atoms with Crippen LogP contribution in [-0.2, 0) is 19.4 Å². The lowest BCUT2D eigenvalue weighted by Crippen LogP contribution is -2.04. The van der Waals surface area contributed by atoms with Crippen molar-refractivity contribution in [1.29, 1.82) is 0 Å². The summed E-state index contributed by atoms with van der Waals surface area (Å²) in [7, 11) is 0. The van der Waals surface area contributed by atoms with E-state index in [0.29, 0.717) is 6.54 Å². The first-order valence-corrected chi connectivity index (χ1v) is 5.71. The summed E-state index contributed by atoms with van der Waals surface area (Å²) in [4.78, 5) is 0. The normalized spacial score (nSPS) is 13.9. The van der Waals surface area contributed by atoms with E-state index in [9.17, 15) is 0 Å². The molecule has 2 rings (SSSR count). The fourth-order valence-electron chi connectivity index (χ4n) is 1.91. The fraction of sp³-hybridized carbons (Fsp3) is 0.538. The summed E-state index contributed by atoms with van der Waals surface area (Å²) >= 11 is 0. The van der Waals surface area contributed by atoms with Crippen LogP contribution in [0.5, 0.6) is 0 Å². The van der Waals surface area contributed by atoms with E-state index in [1.165, 1.54) is 36.8 Å². The fourth-order valence-corrected chi connectivity index (χ4v) is 1.91. The average molecular weight is 191 g/mol. The van der Waals surface area contributed by atoms with Crippen LogP contribution in [0.4, 0.5) is 0 Å². The Kier molecular flexibility index (Phi) is 4.68. The topological polar surface area (TPSA) is 26.0 Å². The van der Waals surface area contributed by atoms with Gasteiger partial charge in [-0.3, -0.25) is 0 Å². The molecule has 0 atom stereocenters. The zero-order valence-corrected chi connectivity index (χ0v) is 9.34. The molecule has 0 saturated carbocycles. The highest BCUT2D eigenvalue weighted by Crippen LogP contribution is 2.21. The van der Waals surface area contributed by atoms with Crippen molar-refractivity contribution in [3.63, 3.8) is 0 Å². The molecule has 1 aliphatic rings. The van der Waals surface area contributed by atoms with Crippen molar-refractivity contribution in [1.82, 2.24) is 0 Å². The molecule has 0 amide bonds. The Morgan fingerprint density at radius 1 is 1.07 bits per heavy atom. The zero-order chi connectivity index (χ0) is 10.4. The number of benzene rings is 1. The highest BCUT2D eigenvalue weighted by atomic mass is 14.5. The van der Waals surface area contributed by atoms with Gasteiger partial charge in [0.05, 0.1) is 0 Å². The Balaban J connectivity index is 0.000000461. The summed E-state index contributed by atoms with van der Waals surface area (Å²) in [5.41, 5.74) is 9.93. The highest BCUT2D eigenvalue weighted by molar-refractivity contribution is 5.33. The van der Waals surface area contributed by atoms with Gasteiger partial charge in [0.15, 0.2) is 0 Å². The molecule has 1 heteroatoms. The third-order valence-electron chi connectivity index (χ3n) is 2.65. The molecular weight excluding hydrogens is 170 g/mol. The molecule has 1 nitrogen and oxygen atoms in total. The molecule has 1 aromatic rings. The standard InChI is InChI=1S/C11H15N.C2H6/c12-8-9-5-6-10-3-1-2-4-11(10)7-9;1-2/h5-7H,1-4,8,12H2;1-2H3. The maximum Gasteiger partial charge on any atom is 0.0178 e. The van der Waals surface area contributed by atoms with Gasteiger partial charge in [0.1, 0.15) is 0 Å². The Morgan fingerprint density at radius 3 is 2.36 bits per heavy atom. The number of hydrogen-bond donors (Lipinski definition) is 1. The van der Waals surface area contributed by atoms with Gasteiger partial charge < -0.3 is 5.73 Å². The molecule has 14 heavy (non-hydrogen) atoms. The smallest absolute Gasteiger partial charge is 0.0178 e. The van der Waals surface area contributed by atoms with Gasteiger partial charge in [-0.2, -0.15) is 0 Å². The van der Waals surface area contributed by atoms with Gasteiger partial charge in [0.25, 0.3) is 0 Å². The maximum atomic E-state index is 5.58. The Bertz CT molecular complexity index is 279. The van der Waals surface area contributed by atoms with Crippen LogP contribution in [0, 0.1) is 0 Å². The third kappa shape index (κ3) is 2.58. The number of fused-ring (bicyclic) bond motifs is 1. The Morgan fingerprint density at radius 2 is 1.71 bits per heavy atom. The van der Waals surface area contributed by atoms with Crippen molar-refractivity contribution in [3.8, 4) is 0 Å². The molecule has 0 fully saturated rings. The largest absolute Gasteiger partial charge is 0.326 e. The van der Waals surface area contributed by atoms with Crippen molar-refractivity contribution in [2.45, 2.75) is 46.1 Å². The quantitative estimate of drug-likeness (QED) is 0.725. The van der Waals surface area contributed by atoms with Gasteiger partial charge in [-0.15, -0.1) is 0 Å². The first kappa shape index (κ1) is 11.3. The van der Waals surface area contributed by atoms with Crippen LogP contribution in [0.1, 0.15) is 43.4 Å². The summed E-state index contributed by atoms with van der Waals surface area (Å²) in [5, 5.41) is 0. The van der Waals surface area contributed by atoms with Crippen LogP contribution in [0.2, 0.25) is 0 Å². The molecule has 0 unspecified atom stereocenters. The van der Waals surface area contributed by atoms with Crippen molar-refractivity contribution >= 4 is 0 Å². The van der Waals surface area contributed by atoms with Gasteiger partial charge in [-0.05, 0) is 42.4 Å². The molecule has 0 aromatic heterocycles. The first-order valence-electron chi connectivity index (χ1n) is 5.71. The second-order valence-electron chi connectivity index (χ2n) is 3.51. The molecule has 1 aromatic carbocycles. The lowest BCUT2D eigenvalue weighted by atomic mass is 9.90. The molecule has 2 N–H and O–H groups in total. The van der Waals surface area contributed by atoms with Crippen molar-refractivity contribution in [2.75, 3.05) is 0 Å². The van der Waals surface area contributed by atoms with E-state index in [0.717, 1.165) is 0 Å². The van der Waals surface area contributed by atoms with Crippen molar-refractivity contribution in [3.05, 3.63) is 34.9 Å². The molecule has 78 valence electrons. The summed E-state index contributed by atoms with van der Waals surface area (Å²) in [6.07, 6.45) is 5.22. The van der Waals surface area contributed by atoms with E-state index < -0.39 is 0 Å². The number of aryl methyl sites for hydroxylation is 2. The summed E-state index contributed by atoms with van der Waals surface area (Å²) in [6.45, 7) is 4.67. The average Bonchev–Trinajstić information content (AvgIpc) is 2.31. The second kappa shape index (κ2) is 5.82. The van der Waals surface area contributed by atoms with Crippen LogP contribution in [0.3, 0.4) is 0 Å². The number of nitrogens with two attached hydrogens (primary N) is 1. The number of hydrogen-bond acceptors (Lipinski definition) is 1. The van der Waals surface area contributed by atoms with E-state index >= 15 is 0 Å². The molecule has 1 aliphatic carbocycles. The minimum absolute atomic E-state index is 0.674. The van der Waals surface area contributed by atoms with Crippen LogP contribution in [0.25, 0.3) is 0 Å². The maximum absolute atomic E-state index is 5.58. The van der Waals surface area contributed by atoms with Crippen LogP contribution >= 0.6 is 0 Å². The Labute approximate surface area is 87.3 Å². The van der Waals surface area contributed by atoms with Crippen LogP contribution < -0.4 is 5.73 Å². The minimum atomic E-state index is 0.674. The van der Waals surface area contributed by atoms with E-state index in [-0.39, 0.29) is 0 Å². The van der Waals surface area contributed by atoms with Gasteiger partial charge in [-0.1, -0.05) is 32.0 Å². The lowest BCUT2D eigenvalue weighted by molar-refractivity contribution is 0.684. The van der Waals surface area contributed by atoms with E-state index in [1.54, 1.807) is 5.56 Å². The number of rotatable bonds is 1. The molecule has 0 radical (unpaired) electrons. The van der Waals surface area contributed by atoms with E-state index in [2.05, 4.69) is 18.2 Å². The minimum Gasteiger partial charge on any atom is -0.326 e. The van der Waals surface area contributed by atoms with Gasteiger partial charge in [0.2, 0.25) is 0 Å². The van der Waals surface area contributed by atoms with Gasteiger partial charge in [-0.25, -0.2) is 0 Å². The van der Waals surface area contributed by atoms with Gasteiger partial charge in [0, 0.05) is 6.54 Å². The van der Waals surface area contributed by atoms with Crippen LogP contribution in [0.15, 0.2) is 18.2 Å². The first-order chi connectivity index (χ1) is 6.90.